The van der Waals surface area contributed by atoms with Gasteiger partial charge in [-0.2, -0.15) is 0 Å². The number of methoxy groups -OCH3 is 1. The van der Waals surface area contributed by atoms with Crippen LogP contribution >= 0.6 is 0 Å². The summed E-state index contributed by atoms with van der Waals surface area (Å²) in [5.74, 6) is -0.762. The number of aryl methyl sites for hydroxylation is 3. The van der Waals surface area contributed by atoms with Gasteiger partial charge in [0.15, 0.2) is 0 Å². The van der Waals surface area contributed by atoms with Crippen molar-refractivity contribution in [3.05, 3.63) is 76.2 Å². The summed E-state index contributed by atoms with van der Waals surface area (Å²) in [6.45, 7) is 0.664. The number of aromatic nitrogens is 2. The van der Waals surface area contributed by atoms with Crippen molar-refractivity contribution in [3.8, 4) is 0 Å². The average Bonchev–Trinajstić information content (AvgIpc) is 2.80. The van der Waals surface area contributed by atoms with Gasteiger partial charge in [0.2, 0.25) is 0 Å². The largest absolute Gasteiger partial charge is 0.469 e. The molecule has 0 aliphatic carbocycles. The zero-order chi connectivity index (χ0) is 22.1. The fourth-order valence-electron chi connectivity index (χ4n) is 3.31. The maximum atomic E-state index is 13.1. The lowest BCUT2D eigenvalue weighted by Crippen LogP contribution is -2.27. The number of ether oxygens (including phenoxy) is 2. The van der Waals surface area contributed by atoms with E-state index in [9.17, 15) is 14.4 Å². The molecule has 0 N–H and O–H groups in total. The van der Waals surface area contributed by atoms with E-state index in [0.29, 0.717) is 18.7 Å². The Hall–Kier alpha value is -3.48. The van der Waals surface area contributed by atoms with E-state index in [1.165, 1.54) is 7.11 Å². The normalized spacial score (nSPS) is 10.7. The summed E-state index contributed by atoms with van der Waals surface area (Å²) in [4.78, 5) is 40.7. The molecule has 0 atom stereocenters. The van der Waals surface area contributed by atoms with Gasteiger partial charge in [0, 0.05) is 19.4 Å². The fourth-order valence-corrected chi connectivity index (χ4v) is 3.31. The standard InChI is InChI=1S/C24H26N2O5/c1-30-22(27)12-7-17-31-23(28)14-13-20-24(29)26(16-15-18-8-3-2-4-9-18)21-11-6-5-10-19(21)25-20/h2-6,8-11H,7,12-17H2,1H3. The summed E-state index contributed by atoms with van der Waals surface area (Å²) < 4.78 is 11.4. The predicted octanol–water partition coefficient (Wildman–Crippen LogP) is 3.07. The molecule has 0 fully saturated rings. The molecule has 31 heavy (non-hydrogen) atoms. The van der Waals surface area contributed by atoms with Gasteiger partial charge >= 0.3 is 11.9 Å². The van der Waals surface area contributed by atoms with Crippen LogP contribution in [0.25, 0.3) is 11.0 Å². The Bertz CT molecular complexity index is 1090. The second-order valence-electron chi connectivity index (χ2n) is 7.14. The van der Waals surface area contributed by atoms with E-state index in [1.54, 1.807) is 4.57 Å². The van der Waals surface area contributed by atoms with Gasteiger partial charge in [-0.15, -0.1) is 0 Å². The number of hydrogen-bond acceptors (Lipinski definition) is 6. The molecule has 0 spiro atoms. The Morgan fingerprint density at radius 3 is 2.45 bits per heavy atom. The topological polar surface area (TPSA) is 87.5 Å². The number of rotatable bonds is 10. The smallest absolute Gasteiger partial charge is 0.306 e. The second-order valence-corrected chi connectivity index (χ2v) is 7.14. The minimum absolute atomic E-state index is 0.0531. The molecule has 2 aromatic carbocycles. The molecule has 3 rings (SSSR count). The summed E-state index contributed by atoms with van der Waals surface area (Å²) in [7, 11) is 1.32. The molecule has 3 aromatic rings. The van der Waals surface area contributed by atoms with Crippen LogP contribution in [0.4, 0.5) is 0 Å². The third kappa shape index (κ3) is 6.25. The van der Waals surface area contributed by atoms with Gasteiger partial charge < -0.3 is 14.0 Å². The van der Waals surface area contributed by atoms with E-state index in [2.05, 4.69) is 9.72 Å². The predicted molar refractivity (Wildman–Crippen MR) is 117 cm³/mol. The highest BCUT2D eigenvalue weighted by Crippen LogP contribution is 2.12. The highest BCUT2D eigenvalue weighted by atomic mass is 16.5. The van der Waals surface area contributed by atoms with Crippen molar-refractivity contribution in [1.29, 1.82) is 0 Å². The zero-order valence-electron chi connectivity index (χ0n) is 17.6. The van der Waals surface area contributed by atoms with Crippen LogP contribution in [0.3, 0.4) is 0 Å². The quantitative estimate of drug-likeness (QED) is 0.369. The molecule has 0 aliphatic heterocycles. The number of esters is 2. The van der Waals surface area contributed by atoms with Crippen molar-refractivity contribution < 1.29 is 19.1 Å². The molecule has 0 radical (unpaired) electrons. The van der Waals surface area contributed by atoms with E-state index < -0.39 is 5.97 Å². The van der Waals surface area contributed by atoms with E-state index in [0.717, 1.165) is 23.0 Å². The van der Waals surface area contributed by atoms with Gasteiger partial charge in [0.25, 0.3) is 5.56 Å². The summed E-state index contributed by atoms with van der Waals surface area (Å²) in [5, 5.41) is 0. The second kappa shape index (κ2) is 11.1. The lowest BCUT2D eigenvalue weighted by atomic mass is 10.1. The maximum Gasteiger partial charge on any atom is 0.306 e. The first-order chi connectivity index (χ1) is 15.1. The first-order valence-corrected chi connectivity index (χ1v) is 10.3. The molecule has 1 heterocycles. The van der Waals surface area contributed by atoms with Crippen molar-refractivity contribution in [1.82, 2.24) is 9.55 Å². The third-order valence-corrected chi connectivity index (χ3v) is 4.97. The molecule has 0 aliphatic rings. The Kier molecular flexibility index (Phi) is 7.92. The lowest BCUT2D eigenvalue weighted by Gasteiger charge is -2.12. The van der Waals surface area contributed by atoms with Crippen molar-refractivity contribution in [2.45, 2.75) is 38.6 Å². The van der Waals surface area contributed by atoms with Crippen LogP contribution < -0.4 is 5.56 Å². The highest BCUT2D eigenvalue weighted by molar-refractivity contribution is 5.75. The van der Waals surface area contributed by atoms with Gasteiger partial charge in [0.05, 0.1) is 31.2 Å². The lowest BCUT2D eigenvalue weighted by molar-refractivity contribution is -0.146. The van der Waals surface area contributed by atoms with Crippen LogP contribution in [0, 0.1) is 0 Å². The van der Waals surface area contributed by atoms with Gasteiger partial charge in [-0.05, 0) is 30.5 Å². The van der Waals surface area contributed by atoms with Crippen LogP contribution in [0.1, 0.15) is 30.5 Å². The molecule has 7 heteroatoms. The van der Waals surface area contributed by atoms with Crippen molar-refractivity contribution in [2.24, 2.45) is 0 Å². The van der Waals surface area contributed by atoms with Crippen LogP contribution in [0.15, 0.2) is 59.4 Å². The Balaban J connectivity index is 1.68. The molecule has 162 valence electrons. The molecule has 0 unspecified atom stereocenters. The number of carbonyl (C=O) groups is 2. The molecule has 1 aromatic heterocycles. The van der Waals surface area contributed by atoms with Gasteiger partial charge in [0.1, 0.15) is 5.69 Å². The van der Waals surface area contributed by atoms with Crippen LogP contribution in [0.2, 0.25) is 0 Å². The number of benzene rings is 2. The molecular formula is C24H26N2O5. The number of fused-ring (bicyclic) bond motifs is 1. The number of carbonyl (C=O) groups excluding carboxylic acids is 2. The number of hydrogen-bond donors (Lipinski definition) is 0. The Labute approximate surface area is 180 Å². The minimum Gasteiger partial charge on any atom is -0.469 e. The zero-order valence-corrected chi connectivity index (χ0v) is 17.6. The SMILES string of the molecule is COC(=O)CCCOC(=O)CCc1nc2ccccc2n(CCc2ccccc2)c1=O. The maximum absolute atomic E-state index is 13.1. The Morgan fingerprint density at radius 1 is 0.935 bits per heavy atom. The third-order valence-electron chi connectivity index (χ3n) is 4.97. The van der Waals surface area contributed by atoms with E-state index in [-0.39, 0.29) is 37.4 Å². The fraction of sp³-hybridized carbons (Fsp3) is 0.333. The van der Waals surface area contributed by atoms with E-state index in [1.807, 2.05) is 54.6 Å². The molecule has 7 nitrogen and oxygen atoms in total. The summed E-state index contributed by atoms with van der Waals surface area (Å²) in [6, 6.07) is 17.5. The number of nitrogens with zero attached hydrogens (tertiary/aromatic N) is 2. The first-order valence-electron chi connectivity index (χ1n) is 10.3. The summed E-state index contributed by atoms with van der Waals surface area (Å²) in [6.07, 6.45) is 1.57. The van der Waals surface area contributed by atoms with Crippen molar-refractivity contribution in [3.63, 3.8) is 0 Å². The monoisotopic (exact) mass is 422 g/mol. The van der Waals surface area contributed by atoms with Crippen molar-refractivity contribution >= 4 is 23.0 Å². The van der Waals surface area contributed by atoms with E-state index >= 15 is 0 Å². The van der Waals surface area contributed by atoms with E-state index in [4.69, 9.17) is 4.74 Å². The molecule has 0 bridgehead atoms. The van der Waals surface area contributed by atoms with Crippen LogP contribution in [-0.4, -0.2) is 35.2 Å². The van der Waals surface area contributed by atoms with Gasteiger partial charge in [-0.3, -0.25) is 14.4 Å². The summed E-state index contributed by atoms with van der Waals surface area (Å²) in [5.41, 5.74) is 2.80. The molecule has 0 saturated carbocycles. The van der Waals surface area contributed by atoms with Crippen LogP contribution in [0.5, 0.6) is 0 Å². The molecule has 0 amide bonds. The van der Waals surface area contributed by atoms with Gasteiger partial charge in [-0.1, -0.05) is 42.5 Å². The van der Waals surface area contributed by atoms with Crippen molar-refractivity contribution in [2.75, 3.05) is 13.7 Å². The minimum atomic E-state index is -0.421. The summed E-state index contributed by atoms with van der Waals surface area (Å²) >= 11 is 0. The van der Waals surface area contributed by atoms with Crippen LogP contribution in [-0.2, 0) is 38.4 Å². The average molecular weight is 422 g/mol. The molecule has 0 saturated heterocycles. The number of para-hydroxylation sites is 2. The Morgan fingerprint density at radius 2 is 1.68 bits per heavy atom. The highest BCUT2D eigenvalue weighted by Gasteiger charge is 2.13. The molecular weight excluding hydrogens is 396 g/mol. The first kappa shape index (κ1) is 22.2. The van der Waals surface area contributed by atoms with Gasteiger partial charge in [-0.25, -0.2) is 4.98 Å².